The second-order valence-electron chi connectivity index (χ2n) is 33.5. The van der Waals surface area contributed by atoms with Crippen LogP contribution in [0.1, 0.15) is 432 Å². The number of allylic oxidation sites excluding steroid dienone is 28. The highest BCUT2D eigenvalue weighted by atomic mass is 31.2. The number of phosphoric ester groups is 2. The van der Waals surface area contributed by atoms with Crippen LogP contribution in [-0.4, -0.2) is 95.9 Å². The maximum atomic E-state index is 13.1. The van der Waals surface area contributed by atoms with E-state index in [2.05, 4.69) is 191 Å². The molecule has 0 aromatic heterocycles. The molecule has 5 atom stereocenters. The Kier molecular flexibility index (Phi) is 94.0. The Bertz CT molecular complexity index is 2950. The highest BCUT2D eigenvalue weighted by Gasteiger charge is 2.30. The van der Waals surface area contributed by atoms with Gasteiger partial charge in [-0.15, -0.1) is 0 Å². The first-order valence-electron chi connectivity index (χ1n) is 50.4. The summed E-state index contributed by atoms with van der Waals surface area (Å²) in [5.74, 6) is -1.57. The molecule has 4 N–H and O–H groups in total. The van der Waals surface area contributed by atoms with Gasteiger partial charge in [0.1, 0.15) is 25.4 Å². The number of aliphatic hydroxyl groups excluding tert-OH is 2. The molecular weight excluding hydrogens is 1600 g/mol. The molecule has 0 aromatic rings. The van der Waals surface area contributed by atoms with Crippen molar-refractivity contribution in [3.8, 4) is 0 Å². The second-order valence-corrected chi connectivity index (χ2v) is 36.4. The van der Waals surface area contributed by atoms with E-state index in [0.717, 1.165) is 154 Å². The highest BCUT2D eigenvalue weighted by molar-refractivity contribution is 7.47. The molecule has 0 fully saturated rings. The van der Waals surface area contributed by atoms with Gasteiger partial charge in [-0.3, -0.25) is 32.5 Å². The number of esters is 3. The fourth-order valence-corrected chi connectivity index (χ4v) is 15.4. The fraction of sp³-hybridized carbons (Fsp3) is 0.710. The number of rotatable bonds is 95. The SMILES string of the molecule is CC/C=C\C/C=C\C/C=C\C/C=C\C/C=C\CCCCCCCCCCCCCCCCCCCC(=O)OCC(O)COP(=O)(O)OCC(O)COP(=O)(O)OCC(COC(=O)CCCCCCCCCCCCCCCCC/C=C\C/C=C\C/C=C\C/C=C\CCCCC)OC(=O)CCCCCCCCCCC/C=C\C/C=C\C/C=C\C/C=C\C/C=C\CC. The Morgan fingerprint density at radius 2 is 0.424 bits per heavy atom. The van der Waals surface area contributed by atoms with Gasteiger partial charge in [-0.1, -0.05) is 428 Å². The Balaban J connectivity index is 4.59. The molecule has 718 valence electrons. The van der Waals surface area contributed by atoms with Gasteiger partial charge < -0.3 is 34.2 Å². The van der Waals surface area contributed by atoms with Crippen LogP contribution in [0.4, 0.5) is 0 Å². The molecule has 125 heavy (non-hydrogen) atoms. The van der Waals surface area contributed by atoms with Crippen LogP contribution in [0.5, 0.6) is 0 Å². The lowest BCUT2D eigenvalue weighted by atomic mass is 10.0. The van der Waals surface area contributed by atoms with E-state index in [9.17, 15) is 43.5 Å². The van der Waals surface area contributed by atoms with E-state index in [1.54, 1.807) is 0 Å². The van der Waals surface area contributed by atoms with Crippen LogP contribution in [0, 0.1) is 0 Å². The molecule has 0 saturated heterocycles. The zero-order valence-corrected chi connectivity index (χ0v) is 81.3. The number of carbonyl (C=O) groups excluding carboxylic acids is 3. The molecule has 16 nitrogen and oxygen atoms in total. The molecule has 0 aliphatic heterocycles. The van der Waals surface area contributed by atoms with Crippen molar-refractivity contribution in [1.82, 2.24) is 0 Å². The van der Waals surface area contributed by atoms with Gasteiger partial charge in [0.2, 0.25) is 0 Å². The molecule has 0 spiro atoms. The van der Waals surface area contributed by atoms with Crippen LogP contribution in [0.3, 0.4) is 0 Å². The number of hydrogen-bond donors (Lipinski definition) is 4. The molecule has 0 aliphatic rings. The monoisotopic (exact) mass is 1790 g/mol. The molecule has 0 amide bonds. The normalized spacial score (nSPS) is 14.4. The van der Waals surface area contributed by atoms with Crippen LogP contribution in [-0.2, 0) is 55.8 Å². The van der Waals surface area contributed by atoms with Gasteiger partial charge in [-0.25, -0.2) is 9.13 Å². The number of unbranched alkanes of at least 4 members (excludes halogenated alkanes) is 44. The molecule has 0 rings (SSSR count). The molecule has 0 saturated carbocycles. The maximum absolute atomic E-state index is 13.1. The van der Waals surface area contributed by atoms with Crippen LogP contribution in [0.15, 0.2) is 170 Å². The van der Waals surface area contributed by atoms with Gasteiger partial charge >= 0.3 is 33.6 Å². The van der Waals surface area contributed by atoms with Crippen molar-refractivity contribution in [3.05, 3.63) is 170 Å². The Morgan fingerprint density at radius 1 is 0.232 bits per heavy atom. The minimum atomic E-state index is -4.95. The number of ether oxygens (including phenoxy) is 3. The minimum Gasteiger partial charge on any atom is -0.463 e. The van der Waals surface area contributed by atoms with Crippen LogP contribution in [0.25, 0.3) is 0 Å². The van der Waals surface area contributed by atoms with E-state index in [-0.39, 0.29) is 19.3 Å². The summed E-state index contributed by atoms with van der Waals surface area (Å²) in [6.07, 6.45) is 128. The van der Waals surface area contributed by atoms with E-state index in [4.69, 9.17) is 32.3 Å². The van der Waals surface area contributed by atoms with Crippen LogP contribution in [0.2, 0.25) is 0 Å². The first-order chi connectivity index (χ1) is 61.2. The number of aliphatic hydroxyl groups is 2. The first-order valence-corrected chi connectivity index (χ1v) is 53.4. The number of hydrogen-bond acceptors (Lipinski definition) is 14. The number of carbonyl (C=O) groups is 3. The lowest BCUT2D eigenvalue weighted by Crippen LogP contribution is -2.30. The standard InChI is InChI=1S/C107H184O16P2/c1-4-7-10-13-16-19-22-25-28-31-34-37-40-43-45-47-49-50-52-54-55-58-60-63-66-69-72-75-78-81-84-87-90-93-105(110)117-96-102(108)97-119-124(113,114)120-98-103(109)99-121-125(115,116)122-101-104(123-107(112)95-92-89-86-83-80-77-74-71-68-65-62-57-42-39-36-33-30-27-24-21-18-15-12-9-6-3)100-118-106(111)94-91-88-85-82-79-76-73-70-67-64-61-59-56-53-51-48-46-44-41-38-35-32-29-26-23-20-17-14-11-8-5-2/h7,9-10,12,16-21,25-30,34-39,43-46,57,62,102-104,108-109H,4-6,8,11,13-15,22-24,31-33,40-42,47-56,58-61,63-101H2,1-3H3,(H,113,114)(H,115,116)/b10-7-,12-9-,19-16-,20-17-,21-18-,28-25-,29-26-,30-27-,37-34-,38-35-,39-36-,45-43-,46-44-,62-57-. The predicted molar refractivity (Wildman–Crippen MR) is 528 cm³/mol. The molecular formula is C107H184O16P2. The number of phosphoric acid groups is 2. The van der Waals surface area contributed by atoms with E-state index < -0.39 is 91.5 Å². The molecule has 5 unspecified atom stereocenters. The third-order valence-electron chi connectivity index (χ3n) is 21.4. The van der Waals surface area contributed by atoms with E-state index in [1.165, 1.54) is 218 Å². The summed E-state index contributed by atoms with van der Waals surface area (Å²) in [5.41, 5.74) is 0. The first kappa shape index (κ1) is 120. The summed E-state index contributed by atoms with van der Waals surface area (Å²) in [6.45, 7) is 2.49. The fourth-order valence-electron chi connectivity index (χ4n) is 13.8. The van der Waals surface area contributed by atoms with Gasteiger partial charge in [-0.2, -0.15) is 0 Å². The average molecular weight is 1790 g/mol. The average Bonchev–Trinajstić information content (AvgIpc) is 0.902. The predicted octanol–water partition coefficient (Wildman–Crippen LogP) is 31.8. The molecule has 18 heteroatoms. The third-order valence-corrected chi connectivity index (χ3v) is 23.3. The van der Waals surface area contributed by atoms with Crippen molar-refractivity contribution in [2.24, 2.45) is 0 Å². The van der Waals surface area contributed by atoms with Gasteiger partial charge in [0.25, 0.3) is 0 Å². The Hall–Kier alpha value is -5.09. The zero-order chi connectivity index (χ0) is 90.7. The highest BCUT2D eigenvalue weighted by Crippen LogP contribution is 2.45. The summed E-state index contributed by atoms with van der Waals surface area (Å²) in [4.78, 5) is 59.2. The Morgan fingerprint density at radius 3 is 0.672 bits per heavy atom. The van der Waals surface area contributed by atoms with Crippen molar-refractivity contribution < 1.29 is 75.8 Å². The van der Waals surface area contributed by atoms with Crippen molar-refractivity contribution in [3.63, 3.8) is 0 Å². The lowest BCUT2D eigenvalue weighted by Gasteiger charge is -2.21. The van der Waals surface area contributed by atoms with Crippen LogP contribution >= 0.6 is 15.6 Å². The van der Waals surface area contributed by atoms with Crippen molar-refractivity contribution in [2.75, 3.05) is 39.6 Å². The molecule has 0 aromatic carbocycles. The zero-order valence-electron chi connectivity index (χ0n) is 79.5. The summed E-state index contributed by atoms with van der Waals surface area (Å²) in [6, 6.07) is 0. The third kappa shape index (κ3) is 99.3. The molecule has 0 radical (unpaired) electrons. The van der Waals surface area contributed by atoms with Gasteiger partial charge in [0.05, 0.1) is 26.4 Å². The van der Waals surface area contributed by atoms with Gasteiger partial charge in [-0.05, 0) is 154 Å². The summed E-state index contributed by atoms with van der Waals surface area (Å²) >= 11 is 0. The van der Waals surface area contributed by atoms with E-state index in [0.29, 0.717) is 19.3 Å². The van der Waals surface area contributed by atoms with Crippen molar-refractivity contribution in [1.29, 1.82) is 0 Å². The second kappa shape index (κ2) is 98.0. The quantitative estimate of drug-likeness (QED) is 0.0146. The summed E-state index contributed by atoms with van der Waals surface area (Å²) in [7, 11) is -9.82. The Labute approximate surface area is 764 Å². The largest absolute Gasteiger partial charge is 0.472 e. The molecule has 0 aliphatic carbocycles. The summed E-state index contributed by atoms with van der Waals surface area (Å²) in [5, 5.41) is 20.8. The molecule has 0 bridgehead atoms. The van der Waals surface area contributed by atoms with E-state index in [1.807, 2.05) is 0 Å². The lowest BCUT2D eigenvalue weighted by molar-refractivity contribution is -0.161. The van der Waals surface area contributed by atoms with E-state index >= 15 is 0 Å². The summed E-state index contributed by atoms with van der Waals surface area (Å²) < 4.78 is 61.7. The topological polar surface area (TPSA) is 231 Å². The molecule has 0 heterocycles. The van der Waals surface area contributed by atoms with Crippen molar-refractivity contribution >= 4 is 33.6 Å². The van der Waals surface area contributed by atoms with Gasteiger partial charge in [0, 0.05) is 19.3 Å². The van der Waals surface area contributed by atoms with Crippen LogP contribution < -0.4 is 0 Å². The smallest absolute Gasteiger partial charge is 0.463 e. The maximum Gasteiger partial charge on any atom is 0.472 e. The van der Waals surface area contributed by atoms with Crippen molar-refractivity contribution in [2.45, 2.75) is 450 Å². The van der Waals surface area contributed by atoms with Gasteiger partial charge in [0.15, 0.2) is 6.10 Å². The minimum absolute atomic E-state index is 0.0942.